The molecule has 1 fully saturated rings. The molecule has 4 bridgehead atoms. The highest BCUT2D eigenvalue weighted by Gasteiger charge is 2.40. The van der Waals surface area contributed by atoms with Gasteiger partial charge in [-0.2, -0.15) is 0 Å². The number of hydrogen-bond donors (Lipinski definition) is 2. The number of carbonyl (C=O) groups excluding carboxylic acids is 1. The predicted molar refractivity (Wildman–Crippen MR) is 107 cm³/mol. The number of alkyl halides is 3. The number of allylic oxidation sites excluding steroid dienone is 1. The van der Waals surface area contributed by atoms with Gasteiger partial charge < -0.3 is 15.2 Å². The monoisotopic (exact) mass is 443 g/mol. The van der Waals surface area contributed by atoms with Gasteiger partial charge in [0.05, 0.1) is 18.9 Å². The molecule has 172 valence electrons. The molecule has 10 heteroatoms. The Morgan fingerprint density at radius 1 is 1.32 bits per heavy atom. The van der Waals surface area contributed by atoms with Crippen LogP contribution in [-0.4, -0.2) is 62.3 Å². The smallest absolute Gasteiger partial charge is 0.368 e. The van der Waals surface area contributed by atoms with Crippen LogP contribution in [0.5, 0.6) is 0 Å². The minimum absolute atomic E-state index is 0.198. The lowest BCUT2D eigenvalue weighted by Crippen LogP contribution is -2.43. The number of halogens is 3. The van der Waals surface area contributed by atoms with Crippen LogP contribution in [-0.2, 0) is 19.0 Å². The zero-order chi connectivity index (χ0) is 22.3. The van der Waals surface area contributed by atoms with Crippen molar-refractivity contribution in [2.24, 2.45) is 5.73 Å². The largest absolute Gasteiger partial charge is 0.525 e. The highest BCUT2D eigenvalue weighted by Crippen LogP contribution is 2.33. The number of nitrogens with zero attached hydrogens (tertiary/aromatic N) is 1. The number of ether oxygens (including phenoxy) is 3. The number of fused-ring (bicyclic) bond motifs is 4. The molecule has 7 nitrogen and oxygen atoms in total. The first kappa shape index (κ1) is 23.7. The second kappa shape index (κ2) is 11.1. The summed E-state index contributed by atoms with van der Waals surface area (Å²) >= 11 is 0. The predicted octanol–water partition coefficient (Wildman–Crippen LogP) is 2.54. The average Bonchev–Trinajstić information content (AvgIpc) is 3.10. The van der Waals surface area contributed by atoms with Gasteiger partial charge in [-0.25, -0.2) is 0 Å². The van der Waals surface area contributed by atoms with E-state index in [1.54, 1.807) is 18.2 Å². The van der Waals surface area contributed by atoms with E-state index in [0.717, 1.165) is 18.4 Å². The van der Waals surface area contributed by atoms with Gasteiger partial charge in [-0.15, -0.1) is 13.2 Å². The molecular weight excluding hydrogens is 415 g/mol. The van der Waals surface area contributed by atoms with Gasteiger partial charge in [-0.3, -0.25) is 19.7 Å². The Balaban J connectivity index is 1.83. The third-order valence-corrected chi connectivity index (χ3v) is 5.18. The number of carbonyl (C=O) groups is 1. The lowest BCUT2D eigenvalue weighted by Gasteiger charge is -2.24. The number of benzene rings is 1. The van der Waals surface area contributed by atoms with Crippen LogP contribution in [0.15, 0.2) is 30.3 Å². The van der Waals surface area contributed by atoms with E-state index >= 15 is 0 Å². The fraction of sp³-hybridized carbons (Fsp3) is 0.571. The lowest BCUT2D eigenvalue weighted by atomic mass is 10.1. The van der Waals surface area contributed by atoms with E-state index in [4.69, 9.17) is 15.2 Å². The maximum Gasteiger partial charge on any atom is 0.525 e. The number of rotatable bonds is 2. The first-order chi connectivity index (χ1) is 14.8. The summed E-state index contributed by atoms with van der Waals surface area (Å²) in [7, 11) is 0. The summed E-state index contributed by atoms with van der Waals surface area (Å²) in [5.41, 5.74) is 6.50. The minimum Gasteiger partial charge on any atom is -0.368 e. The van der Waals surface area contributed by atoms with Crippen LogP contribution in [0.25, 0.3) is 6.08 Å². The normalized spacial score (nSPS) is 29.6. The van der Waals surface area contributed by atoms with E-state index in [1.165, 1.54) is 6.07 Å². The Morgan fingerprint density at radius 2 is 2.16 bits per heavy atom. The Labute approximate surface area is 179 Å². The number of amides is 1. The van der Waals surface area contributed by atoms with Crippen LogP contribution in [0.3, 0.4) is 0 Å². The lowest BCUT2D eigenvalue weighted by molar-refractivity contribution is -0.386. The van der Waals surface area contributed by atoms with E-state index in [-0.39, 0.29) is 18.5 Å². The Hall–Kier alpha value is -1.98. The molecule has 1 saturated heterocycles. The third kappa shape index (κ3) is 7.58. The highest BCUT2D eigenvalue weighted by atomic mass is 19.4. The van der Waals surface area contributed by atoms with Crippen LogP contribution in [0.2, 0.25) is 0 Å². The Kier molecular flexibility index (Phi) is 8.44. The second-order valence-corrected chi connectivity index (χ2v) is 7.57. The van der Waals surface area contributed by atoms with Crippen molar-refractivity contribution in [1.29, 1.82) is 0 Å². The van der Waals surface area contributed by atoms with Crippen LogP contribution < -0.4 is 11.1 Å². The van der Waals surface area contributed by atoms with Gasteiger partial charge >= 0.3 is 6.36 Å². The van der Waals surface area contributed by atoms with Gasteiger partial charge in [0.15, 0.2) is 6.29 Å². The van der Waals surface area contributed by atoms with E-state index in [0.29, 0.717) is 26.4 Å². The van der Waals surface area contributed by atoms with Crippen LogP contribution >= 0.6 is 0 Å². The van der Waals surface area contributed by atoms with Gasteiger partial charge in [-0.05, 0) is 30.9 Å². The fourth-order valence-corrected chi connectivity index (χ4v) is 3.74. The SMILES string of the molecule is NC(=O)C1CC2CN1CCNCOCCC/C=C\c1cccc(c1)C(OC(F)(F)F)O2. The number of nitrogens with two attached hydrogens (primary N) is 1. The molecule has 1 aromatic rings. The Bertz CT molecular complexity index is 760. The van der Waals surface area contributed by atoms with Crippen molar-refractivity contribution in [3.8, 4) is 0 Å². The van der Waals surface area contributed by atoms with E-state index in [1.807, 2.05) is 17.1 Å². The molecule has 0 saturated carbocycles. The first-order valence-corrected chi connectivity index (χ1v) is 10.3. The van der Waals surface area contributed by atoms with Gasteiger partial charge in [0.2, 0.25) is 5.91 Å². The summed E-state index contributed by atoms with van der Waals surface area (Å²) in [5.74, 6) is -0.534. The summed E-state index contributed by atoms with van der Waals surface area (Å²) in [6.07, 6.45) is -1.57. The molecule has 31 heavy (non-hydrogen) atoms. The zero-order valence-electron chi connectivity index (χ0n) is 17.1. The van der Waals surface area contributed by atoms with Crippen molar-refractivity contribution in [3.63, 3.8) is 0 Å². The maximum absolute atomic E-state index is 13.1. The number of primary amides is 1. The molecule has 0 radical (unpaired) electrons. The van der Waals surface area contributed by atoms with Gasteiger partial charge in [-0.1, -0.05) is 30.4 Å². The second-order valence-electron chi connectivity index (χ2n) is 7.57. The van der Waals surface area contributed by atoms with Crippen molar-refractivity contribution in [3.05, 3.63) is 41.5 Å². The van der Waals surface area contributed by atoms with Crippen LogP contribution in [0.1, 0.15) is 36.7 Å². The summed E-state index contributed by atoms with van der Waals surface area (Å²) < 4.78 is 54.8. The molecular formula is C21H28F3N3O4. The molecule has 0 spiro atoms. The van der Waals surface area contributed by atoms with Crippen molar-refractivity contribution < 1.29 is 32.2 Å². The molecule has 2 aliphatic heterocycles. The van der Waals surface area contributed by atoms with Crippen molar-refractivity contribution in [2.45, 2.75) is 44.1 Å². The zero-order valence-corrected chi connectivity index (χ0v) is 17.1. The molecule has 4 unspecified atom stereocenters. The van der Waals surface area contributed by atoms with Gasteiger partial charge in [0.25, 0.3) is 0 Å². The van der Waals surface area contributed by atoms with Gasteiger partial charge in [0, 0.05) is 31.8 Å². The van der Waals surface area contributed by atoms with Gasteiger partial charge in [0.1, 0.15) is 0 Å². The summed E-state index contributed by atoms with van der Waals surface area (Å²) in [4.78, 5) is 13.7. The molecule has 4 atom stereocenters. The summed E-state index contributed by atoms with van der Waals surface area (Å²) in [6.45, 7) is 2.26. The molecule has 1 amide bonds. The molecule has 3 rings (SSSR count). The number of hydrogen-bond acceptors (Lipinski definition) is 6. The molecule has 2 heterocycles. The van der Waals surface area contributed by atoms with E-state index in [2.05, 4.69) is 10.1 Å². The Morgan fingerprint density at radius 3 is 2.94 bits per heavy atom. The summed E-state index contributed by atoms with van der Waals surface area (Å²) in [5, 5.41) is 3.13. The highest BCUT2D eigenvalue weighted by molar-refractivity contribution is 5.80. The number of nitrogens with one attached hydrogen (secondary N) is 1. The maximum atomic E-state index is 13.1. The van der Waals surface area contributed by atoms with Crippen LogP contribution in [0.4, 0.5) is 13.2 Å². The van der Waals surface area contributed by atoms with E-state index in [9.17, 15) is 18.0 Å². The van der Waals surface area contributed by atoms with Crippen LogP contribution in [0, 0.1) is 0 Å². The molecule has 1 aromatic carbocycles. The fourth-order valence-electron chi connectivity index (χ4n) is 3.74. The first-order valence-electron chi connectivity index (χ1n) is 10.3. The van der Waals surface area contributed by atoms with Crippen molar-refractivity contribution >= 4 is 12.0 Å². The quantitative estimate of drug-likeness (QED) is 0.731. The molecule has 0 aromatic heterocycles. The topological polar surface area (TPSA) is 86.1 Å². The minimum atomic E-state index is -4.88. The van der Waals surface area contributed by atoms with E-state index < -0.39 is 30.7 Å². The van der Waals surface area contributed by atoms with Crippen molar-refractivity contribution in [2.75, 3.05) is 33.0 Å². The third-order valence-electron chi connectivity index (χ3n) is 5.18. The average molecular weight is 443 g/mol. The summed E-state index contributed by atoms with van der Waals surface area (Å²) in [6, 6.07) is 5.97. The van der Waals surface area contributed by atoms with Crippen molar-refractivity contribution in [1.82, 2.24) is 10.2 Å². The molecule has 3 N–H and O–H groups in total. The standard InChI is InChI=1S/C21H28F3N3O4/c22-21(23,24)31-20-16-7-4-6-15(11-16)5-2-1-3-10-29-14-26-8-9-27-13-17(30-20)12-18(27)19(25)28/h2,4-7,11,17-18,20,26H,1,3,8-10,12-14H2,(H2,25,28)/b5-2-. The molecule has 0 aliphatic carbocycles. The molecule has 2 aliphatic rings.